The predicted octanol–water partition coefficient (Wildman–Crippen LogP) is 16.4. The average Bonchev–Trinajstić information content (AvgIpc) is 3.30. The van der Waals surface area contributed by atoms with E-state index < -0.39 is 18.1 Å². The Kier molecular flexibility index (Phi) is 47.4. The van der Waals surface area contributed by atoms with Crippen molar-refractivity contribution in [1.82, 2.24) is 0 Å². The Morgan fingerprint density at radius 2 is 0.779 bits per heavy atom. The summed E-state index contributed by atoms with van der Waals surface area (Å²) in [5.74, 6) is -1.47. The van der Waals surface area contributed by atoms with Crippen LogP contribution >= 0.6 is 0 Å². The zero-order valence-corrected chi connectivity index (χ0v) is 44.5. The van der Waals surface area contributed by atoms with Crippen molar-refractivity contribution in [2.45, 2.75) is 238 Å². The van der Waals surface area contributed by atoms with Gasteiger partial charge >= 0.3 is 17.9 Å². The van der Waals surface area contributed by atoms with Gasteiger partial charge in [-0.3, -0.25) is 9.59 Å². The van der Waals surface area contributed by atoms with Crippen LogP contribution in [0.2, 0.25) is 0 Å². The Balaban J connectivity index is 4.20. The normalized spacial score (nSPS) is 13.5. The van der Waals surface area contributed by atoms with Crippen molar-refractivity contribution in [1.29, 1.82) is 0 Å². The number of aliphatic carboxylic acids is 1. The summed E-state index contributed by atoms with van der Waals surface area (Å²) in [6.45, 7) is 4.53. The smallest absolute Gasteiger partial charge is 0.362 e. The summed E-state index contributed by atoms with van der Waals surface area (Å²) >= 11 is 0. The lowest BCUT2D eigenvalue weighted by Crippen LogP contribution is -2.50. The minimum absolute atomic E-state index is 0.0558. The van der Waals surface area contributed by atoms with Crippen molar-refractivity contribution < 1.29 is 38.2 Å². The number of carboxylic acid groups (broad SMARTS) is 1. The van der Waals surface area contributed by atoms with Gasteiger partial charge in [0.2, 0.25) is 0 Å². The van der Waals surface area contributed by atoms with Gasteiger partial charge in [0.05, 0.1) is 34.4 Å². The lowest BCUT2D eigenvalue weighted by atomic mass is 10.0. The van der Waals surface area contributed by atoms with Crippen LogP contribution in [0.4, 0.5) is 0 Å². The molecular formula is C60H104NO7+. The molecule has 8 nitrogen and oxygen atoms in total. The number of quaternary nitrogens is 1. The maximum atomic E-state index is 12.8. The van der Waals surface area contributed by atoms with Gasteiger partial charge < -0.3 is 23.8 Å². The highest BCUT2D eigenvalue weighted by Gasteiger charge is 2.31. The van der Waals surface area contributed by atoms with Crippen molar-refractivity contribution in [2.75, 3.05) is 41.0 Å². The van der Waals surface area contributed by atoms with Gasteiger partial charge in [0, 0.05) is 19.3 Å². The number of hydrogen-bond acceptors (Lipinski definition) is 6. The summed E-state index contributed by atoms with van der Waals surface area (Å²) in [4.78, 5) is 37.3. The van der Waals surface area contributed by atoms with Gasteiger partial charge in [0.15, 0.2) is 12.1 Å². The molecule has 0 aliphatic rings. The molecule has 0 fully saturated rings. The van der Waals surface area contributed by atoms with Crippen LogP contribution in [0.15, 0.2) is 85.1 Å². The van der Waals surface area contributed by atoms with Gasteiger partial charge in [0.1, 0.15) is 6.61 Å². The summed E-state index contributed by atoms with van der Waals surface area (Å²) in [5, 5.41) is 9.67. The quantitative estimate of drug-likeness (QED) is 0.0281. The number of carbonyl (C=O) groups is 3. The largest absolute Gasteiger partial charge is 0.477 e. The summed E-state index contributed by atoms with van der Waals surface area (Å²) in [7, 11) is 5.54. The van der Waals surface area contributed by atoms with Crippen LogP contribution in [0.5, 0.6) is 0 Å². The third kappa shape index (κ3) is 47.6. The Morgan fingerprint density at radius 3 is 1.15 bits per heavy atom. The second-order valence-corrected chi connectivity index (χ2v) is 19.4. The van der Waals surface area contributed by atoms with E-state index in [1.54, 1.807) is 0 Å². The molecule has 1 N–H and O–H groups in total. The third-order valence-corrected chi connectivity index (χ3v) is 12.0. The molecule has 2 unspecified atom stereocenters. The number of rotatable bonds is 49. The minimum Gasteiger partial charge on any atom is -0.477 e. The summed E-state index contributed by atoms with van der Waals surface area (Å²) in [6.07, 6.45) is 66.4. The lowest BCUT2D eigenvalue weighted by Gasteiger charge is -2.31. The first kappa shape index (κ1) is 64.5. The topological polar surface area (TPSA) is 99.1 Å². The minimum atomic E-state index is -0.877. The SMILES string of the molecule is CC/C=C/C/C=C/C/C=C/C/C=C/CCCCCCCCCCCCC(=O)OCC(COCCC(C(=O)O)[N+](C)(C)C)OC(=O)CCCCCCCCCCCCC/C=C/C/C=C/C/C=C/CC. The predicted molar refractivity (Wildman–Crippen MR) is 289 cm³/mol. The van der Waals surface area contributed by atoms with Gasteiger partial charge in [-0.15, -0.1) is 0 Å². The molecule has 0 saturated heterocycles. The molecule has 390 valence electrons. The Morgan fingerprint density at radius 1 is 0.441 bits per heavy atom. The van der Waals surface area contributed by atoms with E-state index in [4.69, 9.17) is 14.2 Å². The van der Waals surface area contributed by atoms with Crippen molar-refractivity contribution in [3.05, 3.63) is 85.1 Å². The van der Waals surface area contributed by atoms with Crippen molar-refractivity contribution in [2.24, 2.45) is 0 Å². The number of allylic oxidation sites excluding steroid dienone is 14. The molecule has 0 aromatic heterocycles. The van der Waals surface area contributed by atoms with E-state index >= 15 is 0 Å². The average molecular weight is 951 g/mol. The number of esters is 2. The number of carbonyl (C=O) groups excluding carboxylic acids is 2. The van der Waals surface area contributed by atoms with E-state index in [2.05, 4.69) is 98.9 Å². The van der Waals surface area contributed by atoms with Crippen LogP contribution in [0, 0.1) is 0 Å². The molecule has 0 amide bonds. The van der Waals surface area contributed by atoms with E-state index in [1.165, 1.54) is 109 Å². The molecule has 0 aliphatic heterocycles. The third-order valence-electron chi connectivity index (χ3n) is 12.0. The van der Waals surface area contributed by atoms with Crippen LogP contribution in [0.1, 0.15) is 226 Å². The molecule has 0 saturated carbocycles. The highest BCUT2D eigenvalue weighted by molar-refractivity contribution is 5.72. The molecule has 2 atom stereocenters. The molecule has 0 aromatic rings. The second kappa shape index (κ2) is 49.9. The number of ether oxygens (including phenoxy) is 3. The fourth-order valence-electron chi connectivity index (χ4n) is 7.86. The molecule has 0 heterocycles. The highest BCUT2D eigenvalue weighted by Crippen LogP contribution is 2.16. The van der Waals surface area contributed by atoms with Crippen molar-refractivity contribution >= 4 is 17.9 Å². The van der Waals surface area contributed by atoms with Gasteiger partial charge in [-0.1, -0.05) is 208 Å². The first-order chi connectivity index (χ1) is 33.1. The molecule has 0 spiro atoms. The fraction of sp³-hybridized carbons (Fsp3) is 0.717. The van der Waals surface area contributed by atoms with Gasteiger partial charge in [-0.25, -0.2) is 4.79 Å². The van der Waals surface area contributed by atoms with Crippen LogP contribution < -0.4 is 0 Å². The molecule has 0 bridgehead atoms. The number of nitrogens with zero attached hydrogens (tertiary/aromatic N) is 1. The number of hydrogen-bond donors (Lipinski definition) is 1. The Labute approximate surface area is 418 Å². The molecule has 8 heteroatoms. The van der Waals surface area contributed by atoms with Crippen molar-refractivity contribution in [3.63, 3.8) is 0 Å². The monoisotopic (exact) mass is 951 g/mol. The van der Waals surface area contributed by atoms with Crippen LogP contribution in [-0.2, 0) is 28.6 Å². The summed E-state index contributed by atoms with van der Waals surface area (Å²) in [5.41, 5.74) is 0. The van der Waals surface area contributed by atoms with Gasteiger partial charge in [-0.05, 0) is 83.5 Å². The van der Waals surface area contributed by atoms with Crippen molar-refractivity contribution in [3.8, 4) is 0 Å². The van der Waals surface area contributed by atoms with Gasteiger partial charge in [0.25, 0.3) is 0 Å². The molecule has 68 heavy (non-hydrogen) atoms. The van der Waals surface area contributed by atoms with E-state index in [-0.39, 0.29) is 36.2 Å². The summed E-state index contributed by atoms with van der Waals surface area (Å²) < 4.78 is 17.4. The first-order valence-corrected chi connectivity index (χ1v) is 27.6. The number of carboxylic acids is 1. The van der Waals surface area contributed by atoms with E-state index in [0.29, 0.717) is 19.3 Å². The van der Waals surface area contributed by atoms with Crippen LogP contribution in [0.3, 0.4) is 0 Å². The molecule has 0 radical (unpaired) electrons. The number of unbranched alkanes of at least 4 members (excludes halogenated alkanes) is 21. The lowest BCUT2D eigenvalue weighted by molar-refractivity contribution is -0.887. The fourth-order valence-corrected chi connectivity index (χ4v) is 7.86. The Bertz CT molecular complexity index is 1380. The van der Waals surface area contributed by atoms with E-state index in [1.807, 2.05) is 21.1 Å². The zero-order valence-electron chi connectivity index (χ0n) is 44.5. The maximum Gasteiger partial charge on any atom is 0.362 e. The van der Waals surface area contributed by atoms with E-state index in [9.17, 15) is 19.5 Å². The number of likely N-dealkylation sites (N-methyl/N-ethyl adjacent to an activating group) is 1. The second-order valence-electron chi connectivity index (χ2n) is 19.4. The Hall–Kier alpha value is -3.49. The van der Waals surface area contributed by atoms with Crippen LogP contribution in [0.25, 0.3) is 0 Å². The molecule has 0 aromatic carbocycles. The molecule has 0 rings (SSSR count). The molecular weight excluding hydrogens is 847 g/mol. The van der Waals surface area contributed by atoms with E-state index in [0.717, 1.165) is 83.5 Å². The zero-order chi connectivity index (χ0) is 49.9. The first-order valence-electron chi connectivity index (χ1n) is 27.6. The van der Waals surface area contributed by atoms with Gasteiger partial charge in [-0.2, -0.15) is 0 Å². The molecule has 0 aliphatic carbocycles. The van der Waals surface area contributed by atoms with Crippen LogP contribution in [-0.4, -0.2) is 80.6 Å². The standard InChI is InChI=1S/C60H103NO7/c1-6-8-10-12-14-16-18-20-22-24-26-28-29-31-32-34-36-38-40-42-44-46-48-50-58(62)67-55-56(54-66-53-52-57(60(64)65)61(3,4)5)68-59(63)51-49-47-45-43-41-39-37-35-33-30-27-25-23-21-19-17-15-13-11-9-7-2/h8-11,14-17,20-23,26,28,56-57H,6-7,12-13,18-19,24-25,27,29-55H2,1-5H3/p+1/b10-8+,11-9+,16-14+,17-15+,22-20+,23-21+,28-26+. The maximum absolute atomic E-state index is 12.8. The highest BCUT2D eigenvalue weighted by atomic mass is 16.6. The summed E-state index contributed by atoms with van der Waals surface area (Å²) in [6, 6.07) is -0.620.